The predicted octanol–water partition coefficient (Wildman–Crippen LogP) is 3.73. The van der Waals surface area contributed by atoms with Gasteiger partial charge in [0, 0.05) is 11.1 Å². The number of benzene rings is 3. The van der Waals surface area contributed by atoms with E-state index in [0.717, 1.165) is 6.07 Å². The van der Waals surface area contributed by atoms with Crippen LogP contribution in [-0.4, -0.2) is 28.3 Å². The zero-order chi connectivity index (χ0) is 20.8. The van der Waals surface area contributed by atoms with Gasteiger partial charge in [0.15, 0.2) is 0 Å². The van der Waals surface area contributed by atoms with Crippen molar-refractivity contribution in [2.24, 2.45) is 5.10 Å². The lowest BCUT2D eigenvalue weighted by Crippen LogP contribution is -2.17. The third kappa shape index (κ3) is 5.33. The first kappa shape index (κ1) is 19.9. The number of hydrogen-bond donors (Lipinski definition) is 3. The van der Waals surface area contributed by atoms with E-state index in [9.17, 15) is 19.8 Å². The van der Waals surface area contributed by atoms with Gasteiger partial charge in [0.1, 0.15) is 17.2 Å². The Morgan fingerprint density at radius 2 is 1.76 bits per heavy atom. The fraction of sp³-hybridized carbons (Fsp3) is 0. The highest BCUT2D eigenvalue weighted by Crippen LogP contribution is 2.22. The maximum absolute atomic E-state index is 12.1. The van der Waals surface area contributed by atoms with Crippen molar-refractivity contribution in [1.82, 2.24) is 5.43 Å². The molecule has 3 N–H and O–H groups in total. The SMILES string of the molecule is O=C(Oc1ccc(C=NNC(=O)c2ccc(O)cc2O)cc1)c1cccc(Cl)c1. The lowest BCUT2D eigenvalue weighted by molar-refractivity contribution is 0.0734. The second-order valence-electron chi connectivity index (χ2n) is 5.87. The summed E-state index contributed by atoms with van der Waals surface area (Å²) in [5.41, 5.74) is 3.23. The molecule has 0 aliphatic heterocycles. The molecule has 0 aromatic heterocycles. The number of nitrogens with one attached hydrogen (secondary N) is 1. The molecule has 3 aromatic rings. The number of aromatic hydroxyl groups is 2. The third-order valence-corrected chi connectivity index (χ3v) is 3.99. The van der Waals surface area contributed by atoms with Crippen LogP contribution in [0.1, 0.15) is 26.3 Å². The molecule has 0 atom stereocenters. The van der Waals surface area contributed by atoms with Gasteiger partial charge in [-0.1, -0.05) is 17.7 Å². The van der Waals surface area contributed by atoms with Crippen LogP contribution in [0.15, 0.2) is 71.8 Å². The van der Waals surface area contributed by atoms with E-state index in [2.05, 4.69) is 10.5 Å². The fourth-order valence-corrected chi connectivity index (χ4v) is 2.53. The molecule has 0 bridgehead atoms. The second kappa shape index (κ2) is 8.90. The molecular weight excluding hydrogens is 396 g/mol. The molecule has 0 spiro atoms. The summed E-state index contributed by atoms with van der Waals surface area (Å²) in [6.45, 7) is 0. The maximum atomic E-state index is 12.1. The normalized spacial score (nSPS) is 10.7. The molecule has 1 amide bonds. The van der Waals surface area contributed by atoms with Crippen molar-refractivity contribution in [3.05, 3.63) is 88.4 Å². The molecule has 0 aliphatic carbocycles. The Labute approximate surface area is 170 Å². The first-order chi connectivity index (χ1) is 13.9. The monoisotopic (exact) mass is 410 g/mol. The van der Waals surface area contributed by atoms with E-state index in [1.165, 1.54) is 24.4 Å². The van der Waals surface area contributed by atoms with Crippen LogP contribution in [-0.2, 0) is 0 Å². The van der Waals surface area contributed by atoms with Gasteiger partial charge in [0.05, 0.1) is 17.3 Å². The number of carbonyl (C=O) groups excluding carboxylic acids is 2. The molecule has 3 aromatic carbocycles. The van der Waals surface area contributed by atoms with E-state index in [1.54, 1.807) is 42.5 Å². The summed E-state index contributed by atoms with van der Waals surface area (Å²) in [7, 11) is 0. The van der Waals surface area contributed by atoms with Crippen LogP contribution < -0.4 is 10.2 Å². The molecule has 0 unspecified atom stereocenters. The third-order valence-electron chi connectivity index (χ3n) is 3.76. The summed E-state index contributed by atoms with van der Waals surface area (Å²) in [5, 5.41) is 23.1. The van der Waals surface area contributed by atoms with Crippen molar-refractivity contribution >= 4 is 29.7 Å². The predicted molar refractivity (Wildman–Crippen MR) is 108 cm³/mol. The van der Waals surface area contributed by atoms with E-state index in [1.807, 2.05) is 0 Å². The summed E-state index contributed by atoms with van der Waals surface area (Å²) in [5.74, 6) is -1.34. The quantitative estimate of drug-likeness (QED) is 0.257. The van der Waals surface area contributed by atoms with Crippen molar-refractivity contribution in [1.29, 1.82) is 0 Å². The fourth-order valence-electron chi connectivity index (χ4n) is 2.34. The van der Waals surface area contributed by atoms with Crippen LogP contribution in [0.5, 0.6) is 17.2 Å². The van der Waals surface area contributed by atoms with E-state index in [4.69, 9.17) is 16.3 Å². The number of ether oxygens (including phenoxy) is 1. The lowest BCUT2D eigenvalue weighted by atomic mass is 10.2. The number of amides is 1. The van der Waals surface area contributed by atoms with Crippen LogP contribution >= 0.6 is 11.6 Å². The first-order valence-corrected chi connectivity index (χ1v) is 8.73. The molecule has 0 saturated heterocycles. The number of rotatable bonds is 5. The van der Waals surface area contributed by atoms with Crippen LogP contribution in [0.2, 0.25) is 5.02 Å². The zero-order valence-electron chi connectivity index (χ0n) is 14.9. The van der Waals surface area contributed by atoms with Crippen LogP contribution in [0.4, 0.5) is 0 Å². The lowest BCUT2D eigenvalue weighted by Gasteiger charge is -2.05. The van der Waals surface area contributed by atoms with Crippen molar-refractivity contribution < 1.29 is 24.5 Å². The molecule has 0 fully saturated rings. The molecule has 0 aliphatic rings. The zero-order valence-corrected chi connectivity index (χ0v) is 15.6. The summed E-state index contributed by atoms with van der Waals surface area (Å²) < 4.78 is 5.27. The maximum Gasteiger partial charge on any atom is 0.343 e. The number of halogens is 1. The molecule has 0 saturated carbocycles. The van der Waals surface area contributed by atoms with Gasteiger partial charge in [0.2, 0.25) is 0 Å². The summed E-state index contributed by atoms with van der Waals surface area (Å²) in [6, 6.07) is 16.5. The minimum atomic E-state index is -0.633. The smallest absolute Gasteiger partial charge is 0.343 e. The minimum absolute atomic E-state index is 0.0248. The summed E-state index contributed by atoms with van der Waals surface area (Å²) in [4.78, 5) is 24.1. The topological polar surface area (TPSA) is 108 Å². The van der Waals surface area contributed by atoms with Gasteiger partial charge in [-0.15, -0.1) is 0 Å². The van der Waals surface area contributed by atoms with Gasteiger partial charge < -0.3 is 14.9 Å². The standard InChI is InChI=1S/C21H15ClN2O5/c22-15-3-1-2-14(10-15)21(28)29-17-7-4-13(5-8-17)12-23-24-20(27)18-9-6-16(25)11-19(18)26/h1-12,25-26H,(H,24,27). The van der Waals surface area contributed by atoms with E-state index in [0.29, 0.717) is 21.9 Å². The molecule has 0 radical (unpaired) electrons. The minimum Gasteiger partial charge on any atom is -0.508 e. The van der Waals surface area contributed by atoms with Crippen molar-refractivity contribution in [2.75, 3.05) is 0 Å². The molecule has 0 heterocycles. The van der Waals surface area contributed by atoms with E-state index < -0.39 is 11.9 Å². The average Bonchev–Trinajstić information content (AvgIpc) is 2.69. The Balaban J connectivity index is 1.58. The molecular formula is C21H15ClN2O5. The van der Waals surface area contributed by atoms with Gasteiger partial charge in [0.25, 0.3) is 5.91 Å². The van der Waals surface area contributed by atoms with Crippen molar-refractivity contribution in [3.8, 4) is 17.2 Å². The number of esters is 1. The molecule has 146 valence electrons. The largest absolute Gasteiger partial charge is 0.508 e. The number of hydrazone groups is 1. The number of nitrogens with zero attached hydrogens (tertiary/aromatic N) is 1. The van der Waals surface area contributed by atoms with Crippen molar-refractivity contribution in [2.45, 2.75) is 0 Å². The highest BCUT2D eigenvalue weighted by atomic mass is 35.5. The van der Waals surface area contributed by atoms with Gasteiger partial charge in [-0.05, 0) is 60.2 Å². The number of hydrogen-bond acceptors (Lipinski definition) is 6. The van der Waals surface area contributed by atoms with Crippen LogP contribution in [0.25, 0.3) is 0 Å². The van der Waals surface area contributed by atoms with Gasteiger partial charge in [-0.2, -0.15) is 5.10 Å². The van der Waals surface area contributed by atoms with Crippen molar-refractivity contribution in [3.63, 3.8) is 0 Å². The van der Waals surface area contributed by atoms with Gasteiger partial charge >= 0.3 is 5.97 Å². The molecule has 29 heavy (non-hydrogen) atoms. The van der Waals surface area contributed by atoms with E-state index in [-0.39, 0.29) is 17.1 Å². The Kier molecular flexibility index (Phi) is 6.11. The Hall–Kier alpha value is -3.84. The first-order valence-electron chi connectivity index (χ1n) is 8.35. The Morgan fingerprint density at radius 3 is 2.45 bits per heavy atom. The average molecular weight is 411 g/mol. The number of phenols is 2. The number of phenolic OH excluding ortho intramolecular Hbond substituents is 2. The molecule has 3 rings (SSSR count). The Morgan fingerprint density at radius 1 is 1.00 bits per heavy atom. The van der Waals surface area contributed by atoms with Gasteiger partial charge in [-0.25, -0.2) is 10.2 Å². The van der Waals surface area contributed by atoms with Crippen LogP contribution in [0, 0.1) is 0 Å². The summed E-state index contributed by atoms with van der Waals surface area (Å²) in [6.07, 6.45) is 1.39. The molecule has 7 nitrogen and oxygen atoms in total. The Bertz CT molecular complexity index is 1080. The molecule has 8 heteroatoms. The van der Waals surface area contributed by atoms with E-state index >= 15 is 0 Å². The van der Waals surface area contributed by atoms with Crippen LogP contribution in [0.3, 0.4) is 0 Å². The second-order valence-corrected chi connectivity index (χ2v) is 6.31. The number of carbonyl (C=O) groups is 2. The van der Waals surface area contributed by atoms with Gasteiger partial charge in [-0.3, -0.25) is 4.79 Å². The summed E-state index contributed by atoms with van der Waals surface area (Å²) >= 11 is 5.86. The highest BCUT2D eigenvalue weighted by molar-refractivity contribution is 6.30. The highest BCUT2D eigenvalue weighted by Gasteiger charge is 2.11.